The molecule has 3 aliphatic heterocycles. The number of hydrogen-bond donors (Lipinski definition) is 0. The number of allylic oxidation sites excluding steroid dienone is 1. The summed E-state index contributed by atoms with van der Waals surface area (Å²) in [5.74, 6) is -1.58. The van der Waals surface area contributed by atoms with E-state index in [1.165, 1.54) is 14.2 Å². The van der Waals surface area contributed by atoms with Crippen molar-refractivity contribution in [3.8, 4) is 0 Å². The van der Waals surface area contributed by atoms with Gasteiger partial charge in [-0.25, -0.2) is 9.69 Å². The molecule has 0 aromatic heterocycles. The van der Waals surface area contributed by atoms with Crippen LogP contribution in [0.1, 0.15) is 25.7 Å². The second-order valence-corrected chi connectivity index (χ2v) is 5.71. The number of carbonyl (C=O) groups is 2. The first-order valence-corrected chi connectivity index (χ1v) is 7.58. The molecule has 7 nitrogen and oxygen atoms in total. The number of fused-ring (bicyclic) bond motifs is 1. The van der Waals surface area contributed by atoms with Crippen molar-refractivity contribution < 1.29 is 28.5 Å². The average Bonchev–Trinajstić information content (AvgIpc) is 3.05. The molecular weight excluding hydrogens is 290 g/mol. The van der Waals surface area contributed by atoms with Crippen LogP contribution in [-0.2, 0) is 28.5 Å². The molecule has 22 heavy (non-hydrogen) atoms. The minimum absolute atomic E-state index is 0.185. The first kappa shape index (κ1) is 15.5. The van der Waals surface area contributed by atoms with Gasteiger partial charge < -0.3 is 18.9 Å². The van der Waals surface area contributed by atoms with Crippen LogP contribution in [0.25, 0.3) is 0 Å². The summed E-state index contributed by atoms with van der Waals surface area (Å²) in [5.41, 5.74) is 0.378. The Labute approximate surface area is 129 Å². The summed E-state index contributed by atoms with van der Waals surface area (Å²) in [5, 5.41) is 0. The fourth-order valence-corrected chi connectivity index (χ4v) is 3.41. The van der Waals surface area contributed by atoms with Gasteiger partial charge in [-0.05, 0) is 19.3 Å². The lowest BCUT2D eigenvalue weighted by Gasteiger charge is -2.36. The van der Waals surface area contributed by atoms with Crippen molar-refractivity contribution >= 4 is 11.9 Å². The van der Waals surface area contributed by atoms with E-state index >= 15 is 0 Å². The molecule has 0 amide bonds. The first-order chi connectivity index (χ1) is 10.7. The summed E-state index contributed by atoms with van der Waals surface area (Å²) < 4.78 is 20.8. The van der Waals surface area contributed by atoms with Gasteiger partial charge in [-0.1, -0.05) is 12.5 Å². The van der Waals surface area contributed by atoms with E-state index in [4.69, 9.17) is 18.9 Å². The minimum atomic E-state index is -0.677. The smallest absolute Gasteiger partial charge is 0.334 e. The van der Waals surface area contributed by atoms with Crippen molar-refractivity contribution in [2.75, 3.05) is 20.8 Å². The zero-order chi connectivity index (χ0) is 15.7. The predicted octanol–water partition coefficient (Wildman–Crippen LogP) is 0.790. The standard InChI is InChI=1S/C15H21NO6/c1-19-13(17)9-6-4-3-5-7-10(12(9)14(18)20-2)16-8-11-21-15(16)22-11/h6,10-12,15H,3-5,7-8H2,1-2H3/t10-,11?,12-,15?/m1/s1. The number of methoxy groups -OCH3 is 2. The van der Waals surface area contributed by atoms with E-state index < -0.39 is 24.3 Å². The molecule has 0 spiro atoms. The molecule has 0 radical (unpaired) electrons. The average molecular weight is 311 g/mol. The normalized spacial score (nSPS) is 34.9. The lowest BCUT2D eigenvalue weighted by Crippen LogP contribution is -2.48. The Kier molecular flexibility index (Phi) is 4.46. The summed E-state index contributed by atoms with van der Waals surface area (Å²) in [6.07, 6.45) is 4.64. The molecule has 3 saturated heterocycles. The maximum Gasteiger partial charge on any atom is 0.334 e. The van der Waals surface area contributed by atoms with Gasteiger partial charge in [-0.15, -0.1) is 0 Å². The number of carbonyl (C=O) groups excluding carboxylic acids is 2. The van der Waals surface area contributed by atoms with E-state index in [-0.39, 0.29) is 12.3 Å². The van der Waals surface area contributed by atoms with E-state index in [1.807, 2.05) is 11.0 Å². The Balaban J connectivity index is 1.93. The Bertz CT molecular complexity index is 484. The van der Waals surface area contributed by atoms with Crippen molar-refractivity contribution in [3.63, 3.8) is 0 Å². The highest BCUT2D eigenvalue weighted by Gasteiger charge is 2.52. The van der Waals surface area contributed by atoms with Crippen LogP contribution in [0.2, 0.25) is 0 Å². The molecule has 2 atom stereocenters. The van der Waals surface area contributed by atoms with Crippen molar-refractivity contribution in [3.05, 3.63) is 11.6 Å². The third-order valence-corrected chi connectivity index (χ3v) is 4.51. The molecule has 1 aliphatic carbocycles. The molecule has 4 aliphatic rings. The quantitative estimate of drug-likeness (QED) is 0.713. The monoisotopic (exact) mass is 311 g/mol. The zero-order valence-corrected chi connectivity index (χ0v) is 12.8. The molecule has 0 aromatic rings. The Morgan fingerprint density at radius 3 is 2.59 bits per heavy atom. The number of ether oxygens (including phenoxy) is 4. The van der Waals surface area contributed by atoms with Crippen LogP contribution < -0.4 is 0 Å². The fraction of sp³-hybridized carbons (Fsp3) is 0.733. The summed E-state index contributed by atoms with van der Waals surface area (Å²) >= 11 is 0. The Hall–Kier alpha value is -1.44. The summed E-state index contributed by atoms with van der Waals surface area (Å²) in [7, 11) is 2.66. The summed E-state index contributed by atoms with van der Waals surface area (Å²) in [6, 6.07) is -0.185. The number of nitrogens with zero attached hydrogens (tertiary/aromatic N) is 1. The number of hydrogen-bond acceptors (Lipinski definition) is 7. The van der Waals surface area contributed by atoms with Crippen molar-refractivity contribution in [1.29, 1.82) is 0 Å². The summed E-state index contributed by atoms with van der Waals surface area (Å²) in [6.45, 7) is 0.608. The van der Waals surface area contributed by atoms with Gasteiger partial charge in [0.05, 0.1) is 20.8 Å². The van der Waals surface area contributed by atoms with E-state index in [9.17, 15) is 9.59 Å². The van der Waals surface area contributed by atoms with Gasteiger partial charge in [0.1, 0.15) is 5.92 Å². The van der Waals surface area contributed by atoms with Crippen LogP contribution in [0.15, 0.2) is 11.6 Å². The molecule has 4 rings (SSSR count). The van der Waals surface area contributed by atoms with Crippen LogP contribution in [0, 0.1) is 5.92 Å². The van der Waals surface area contributed by atoms with Crippen LogP contribution >= 0.6 is 0 Å². The molecular formula is C15H21NO6. The number of rotatable bonds is 3. The van der Waals surface area contributed by atoms with Crippen molar-refractivity contribution in [2.45, 2.75) is 44.4 Å². The Morgan fingerprint density at radius 1 is 1.23 bits per heavy atom. The van der Waals surface area contributed by atoms with Gasteiger partial charge in [-0.2, -0.15) is 0 Å². The fourth-order valence-electron chi connectivity index (χ4n) is 3.41. The lowest BCUT2D eigenvalue weighted by atomic mass is 9.84. The van der Waals surface area contributed by atoms with Gasteiger partial charge in [0.25, 0.3) is 0 Å². The third kappa shape index (κ3) is 2.64. The van der Waals surface area contributed by atoms with Crippen LogP contribution in [0.4, 0.5) is 0 Å². The van der Waals surface area contributed by atoms with Crippen LogP contribution in [0.3, 0.4) is 0 Å². The molecule has 0 unspecified atom stereocenters. The highest BCUT2D eigenvalue weighted by Crippen LogP contribution is 2.38. The molecule has 0 aromatic carbocycles. The third-order valence-electron chi connectivity index (χ3n) is 4.51. The van der Waals surface area contributed by atoms with E-state index in [1.54, 1.807) is 0 Å². The minimum Gasteiger partial charge on any atom is -0.468 e. The van der Waals surface area contributed by atoms with E-state index in [2.05, 4.69) is 0 Å². The predicted molar refractivity (Wildman–Crippen MR) is 74.3 cm³/mol. The van der Waals surface area contributed by atoms with Crippen molar-refractivity contribution in [1.82, 2.24) is 4.90 Å². The Morgan fingerprint density at radius 2 is 2.00 bits per heavy atom. The largest absolute Gasteiger partial charge is 0.468 e. The van der Waals surface area contributed by atoms with Crippen molar-refractivity contribution in [2.24, 2.45) is 5.92 Å². The molecule has 122 valence electrons. The highest BCUT2D eigenvalue weighted by molar-refractivity contribution is 5.96. The zero-order valence-electron chi connectivity index (χ0n) is 12.8. The molecule has 3 fully saturated rings. The van der Waals surface area contributed by atoms with Gasteiger partial charge in [-0.3, -0.25) is 4.79 Å². The van der Waals surface area contributed by atoms with Crippen LogP contribution in [-0.4, -0.2) is 56.3 Å². The maximum absolute atomic E-state index is 12.4. The highest BCUT2D eigenvalue weighted by atomic mass is 16.9. The van der Waals surface area contributed by atoms with Gasteiger partial charge in [0, 0.05) is 11.6 Å². The summed E-state index contributed by atoms with van der Waals surface area (Å²) in [4.78, 5) is 26.5. The molecule has 0 saturated carbocycles. The van der Waals surface area contributed by atoms with Gasteiger partial charge in [0.2, 0.25) is 6.41 Å². The SMILES string of the molecule is COC(=O)C1=CCCCC[C@@H](N2CC3OC2O3)[C@@H]1C(=O)OC. The van der Waals surface area contributed by atoms with E-state index in [0.29, 0.717) is 12.1 Å². The number of esters is 2. The molecule has 3 heterocycles. The second-order valence-electron chi connectivity index (χ2n) is 5.71. The van der Waals surface area contributed by atoms with Crippen LogP contribution in [0.5, 0.6) is 0 Å². The maximum atomic E-state index is 12.4. The van der Waals surface area contributed by atoms with Gasteiger partial charge in [0.15, 0.2) is 6.29 Å². The second kappa shape index (κ2) is 6.36. The first-order valence-electron chi connectivity index (χ1n) is 7.58. The van der Waals surface area contributed by atoms with Gasteiger partial charge >= 0.3 is 11.9 Å². The molecule has 2 bridgehead atoms. The lowest BCUT2D eigenvalue weighted by molar-refractivity contribution is -0.362. The topological polar surface area (TPSA) is 74.3 Å². The molecule has 7 heteroatoms. The van der Waals surface area contributed by atoms with E-state index in [0.717, 1.165) is 25.7 Å². The molecule has 0 N–H and O–H groups in total.